The molecule has 28 heavy (non-hydrogen) atoms. The fourth-order valence-electron chi connectivity index (χ4n) is 2.35. The highest BCUT2D eigenvalue weighted by atomic mass is 16.6. The van der Waals surface area contributed by atoms with E-state index in [-0.39, 0.29) is 23.4 Å². The molecule has 0 radical (unpaired) electrons. The average molecular weight is 388 g/mol. The van der Waals surface area contributed by atoms with Crippen LogP contribution in [0.2, 0.25) is 0 Å². The van der Waals surface area contributed by atoms with Crippen LogP contribution in [-0.4, -0.2) is 38.4 Å². The van der Waals surface area contributed by atoms with Crippen LogP contribution < -0.4 is 24.7 Å². The lowest BCUT2D eigenvalue weighted by atomic mass is 10.1. The normalized spacial score (nSPS) is 10.5. The lowest BCUT2D eigenvalue weighted by Crippen LogP contribution is -2.20. The molecule has 0 heterocycles. The number of hydrogen-bond donors (Lipinski definition) is 1. The number of nitro benzene ring substituents is 1. The zero-order chi connectivity index (χ0) is 20.7. The van der Waals surface area contributed by atoms with Gasteiger partial charge >= 0.3 is 0 Å². The second-order valence-electron chi connectivity index (χ2n) is 5.48. The van der Waals surface area contributed by atoms with E-state index in [1.807, 2.05) is 0 Å². The molecule has 0 saturated heterocycles. The van der Waals surface area contributed by atoms with Gasteiger partial charge in [-0.05, 0) is 23.3 Å². The zero-order valence-corrected chi connectivity index (χ0v) is 15.4. The van der Waals surface area contributed by atoms with Crippen LogP contribution in [0.5, 0.6) is 23.0 Å². The molecule has 148 valence electrons. The smallest absolute Gasteiger partial charge is 0.273 e. The molecule has 0 bridgehead atoms. The van der Waals surface area contributed by atoms with Gasteiger partial charge in [0.25, 0.3) is 5.69 Å². The maximum Gasteiger partial charge on any atom is 0.273 e. The number of ether oxygens (including phenoxy) is 3. The number of carbonyl (C=O) groups is 1. The second-order valence-corrected chi connectivity index (χ2v) is 5.48. The quantitative estimate of drug-likeness (QED) is 0.410. The van der Waals surface area contributed by atoms with E-state index >= 15 is 0 Å². The van der Waals surface area contributed by atoms with Crippen LogP contribution >= 0.6 is 0 Å². The van der Waals surface area contributed by atoms with Crippen LogP contribution in [0.25, 0.3) is 0 Å². The molecule has 0 fully saturated rings. The number of hydrazone groups is 1. The van der Waals surface area contributed by atoms with Crippen LogP contribution in [0.4, 0.5) is 5.69 Å². The molecule has 0 aliphatic rings. The van der Waals surface area contributed by atoms with Gasteiger partial charge in [-0.3, -0.25) is 14.9 Å². The minimum absolute atomic E-state index is 0.000184. The number of hydrogen-bond acceptors (Lipinski definition) is 8. The van der Waals surface area contributed by atoms with Crippen LogP contribution in [0.15, 0.2) is 35.4 Å². The summed E-state index contributed by atoms with van der Waals surface area (Å²) >= 11 is 0. The van der Waals surface area contributed by atoms with Crippen molar-refractivity contribution in [3.63, 3.8) is 0 Å². The molecule has 0 spiro atoms. The summed E-state index contributed by atoms with van der Waals surface area (Å²) in [4.78, 5) is 22.3. The lowest BCUT2D eigenvalue weighted by molar-refractivity contribution is -0.385. The molecule has 0 atom stereocenters. The maximum absolute atomic E-state index is 12.1. The monoisotopic (exact) mass is 388 g/mol. The average Bonchev–Trinajstić information content (AvgIpc) is 2.68. The third-order valence-electron chi connectivity index (χ3n) is 3.70. The van der Waals surface area contributed by atoms with Gasteiger partial charge < -0.3 is 19.3 Å². The predicted octanol–water partition coefficient (Wildman–Crippen LogP) is 1.39. The first-order valence-electron chi connectivity index (χ1n) is 7.95. The molecule has 1 amide bonds. The van der Waals surface area contributed by atoms with E-state index in [0.29, 0.717) is 17.1 Å². The Hall–Kier alpha value is -3.82. The Morgan fingerprint density at radius 2 is 1.79 bits per heavy atom. The van der Waals surface area contributed by atoms with Crippen molar-refractivity contribution in [1.82, 2.24) is 5.43 Å². The van der Waals surface area contributed by atoms with E-state index in [0.717, 1.165) is 18.3 Å². The highest BCUT2D eigenvalue weighted by molar-refractivity contribution is 5.87. The van der Waals surface area contributed by atoms with Crippen molar-refractivity contribution in [3.05, 3.63) is 51.6 Å². The standard InChI is InChI=1S/C18H19N3O7/c1-26-14-5-4-11(6-15(14)27-2)7-17(22)20-19-10-12-8-13(21(24)25)9-16(28-3)18(12)23/h4-6,8-10,23H,7H2,1-3H3,(H,20,22)/p-1/b19-10-. The Labute approximate surface area is 160 Å². The highest BCUT2D eigenvalue weighted by Crippen LogP contribution is 2.31. The summed E-state index contributed by atoms with van der Waals surface area (Å²) in [6, 6.07) is 7.10. The van der Waals surface area contributed by atoms with Crippen LogP contribution in [0, 0.1) is 10.1 Å². The van der Waals surface area contributed by atoms with Crippen molar-refractivity contribution in [2.45, 2.75) is 6.42 Å². The van der Waals surface area contributed by atoms with E-state index in [1.54, 1.807) is 18.2 Å². The van der Waals surface area contributed by atoms with Crippen LogP contribution in [0.3, 0.4) is 0 Å². The van der Waals surface area contributed by atoms with E-state index in [1.165, 1.54) is 21.3 Å². The molecule has 0 unspecified atom stereocenters. The van der Waals surface area contributed by atoms with Gasteiger partial charge in [0.15, 0.2) is 11.5 Å². The first-order chi connectivity index (χ1) is 13.4. The summed E-state index contributed by atoms with van der Waals surface area (Å²) in [6.07, 6.45) is 1.03. The number of methoxy groups -OCH3 is 3. The first-order valence-corrected chi connectivity index (χ1v) is 7.95. The number of benzene rings is 2. The molecule has 2 aromatic rings. The van der Waals surface area contributed by atoms with Crippen molar-refractivity contribution in [1.29, 1.82) is 0 Å². The van der Waals surface area contributed by atoms with Gasteiger partial charge in [0.05, 0.1) is 45.0 Å². The number of non-ortho nitro benzene ring substituents is 1. The number of nitrogens with zero attached hydrogens (tertiary/aromatic N) is 2. The number of rotatable bonds is 8. The molecule has 10 heteroatoms. The molecule has 0 saturated carbocycles. The Morgan fingerprint density at radius 3 is 2.39 bits per heavy atom. The number of nitro groups is 1. The summed E-state index contributed by atoms with van der Waals surface area (Å²) in [5, 5.41) is 26.7. The van der Waals surface area contributed by atoms with Gasteiger partial charge in [-0.1, -0.05) is 11.8 Å². The Kier molecular flexibility index (Phi) is 6.74. The molecular weight excluding hydrogens is 370 g/mol. The van der Waals surface area contributed by atoms with Crippen molar-refractivity contribution < 1.29 is 29.0 Å². The van der Waals surface area contributed by atoms with Gasteiger partial charge in [-0.15, -0.1) is 0 Å². The number of nitrogens with one attached hydrogen (secondary N) is 1. The van der Waals surface area contributed by atoms with Gasteiger partial charge in [0.1, 0.15) is 5.75 Å². The van der Waals surface area contributed by atoms with Gasteiger partial charge in [0.2, 0.25) is 5.91 Å². The molecule has 1 N–H and O–H groups in total. The maximum atomic E-state index is 12.1. The minimum Gasteiger partial charge on any atom is -0.870 e. The minimum atomic E-state index is -0.658. The van der Waals surface area contributed by atoms with Gasteiger partial charge in [-0.2, -0.15) is 5.10 Å². The Bertz CT molecular complexity index is 912. The van der Waals surface area contributed by atoms with Crippen molar-refractivity contribution in [2.75, 3.05) is 21.3 Å². The number of carbonyl (C=O) groups excluding carboxylic acids is 1. The molecule has 0 aliphatic heterocycles. The summed E-state index contributed by atoms with van der Waals surface area (Å²) in [5.74, 6) is -0.199. The molecule has 0 aromatic heterocycles. The van der Waals surface area contributed by atoms with Gasteiger partial charge in [-0.25, -0.2) is 5.43 Å². The summed E-state index contributed by atoms with van der Waals surface area (Å²) < 4.78 is 15.1. The number of amides is 1. The first kappa shape index (κ1) is 20.5. The molecule has 2 rings (SSSR count). The molecular formula is C18H18N3O7-. The Balaban J connectivity index is 2.09. The summed E-state index contributed by atoms with van der Waals surface area (Å²) in [5.41, 5.74) is 2.52. The van der Waals surface area contributed by atoms with E-state index < -0.39 is 16.6 Å². The van der Waals surface area contributed by atoms with E-state index in [2.05, 4.69) is 10.5 Å². The fourth-order valence-corrected chi connectivity index (χ4v) is 2.35. The Morgan fingerprint density at radius 1 is 1.11 bits per heavy atom. The second kappa shape index (κ2) is 9.21. The molecule has 0 aliphatic carbocycles. The largest absolute Gasteiger partial charge is 0.870 e. The third-order valence-corrected chi connectivity index (χ3v) is 3.70. The molecule has 2 aromatic carbocycles. The SMILES string of the molecule is COc1ccc(CC(=O)N/N=C\c2cc([N+](=O)[O-])cc(OC)c2[O-])cc1OC. The predicted molar refractivity (Wildman–Crippen MR) is 98.1 cm³/mol. The summed E-state index contributed by atoms with van der Waals surface area (Å²) in [7, 11) is 4.22. The molecule has 10 nitrogen and oxygen atoms in total. The zero-order valence-electron chi connectivity index (χ0n) is 15.4. The summed E-state index contributed by atoms with van der Waals surface area (Å²) in [6.45, 7) is 0. The van der Waals surface area contributed by atoms with Crippen LogP contribution in [-0.2, 0) is 11.2 Å². The van der Waals surface area contributed by atoms with E-state index in [9.17, 15) is 20.0 Å². The topological polar surface area (TPSA) is 135 Å². The van der Waals surface area contributed by atoms with Gasteiger partial charge in [0, 0.05) is 6.07 Å². The van der Waals surface area contributed by atoms with Crippen molar-refractivity contribution in [3.8, 4) is 23.0 Å². The van der Waals surface area contributed by atoms with Crippen molar-refractivity contribution >= 4 is 17.8 Å². The van der Waals surface area contributed by atoms with E-state index in [4.69, 9.17) is 14.2 Å². The third kappa shape index (κ3) is 4.87. The van der Waals surface area contributed by atoms with Crippen LogP contribution in [0.1, 0.15) is 11.1 Å². The van der Waals surface area contributed by atoms with Crippen molar-refractivity contribution in [2.24, 2.45) is 5.10 Å². The lowest BCUT2D eigenvalue weighted by Gasteiger charge is -2.14. The fraction of sp³-hybridized carbons (Fsp3) is 0.222. The highest BCUT2D eigenvalue weighted by Gasteiger charge is 2.12.